The van der Waals surface area contributed by atoms with Crippen LogP contribution in [-0.2, 0) is 6.42 Å². The molecule has 0 fully saturated rings. The molecule has 0 saturated heterocycles. The third-order valence-electron chi connectivity index (χ3n) is 2.64. The van der Waals surface area contributed by atoms with Gasteiger partial charge in [-0.15, -0.1) is 0 Å². The first kappa shape index (κ1) is 14.7. The van der Waals surface area contributed by atoms with Gasteiger partial charge in [-0.25, -0.2) is 4.98 Å². The molecule has 2 aromatic heterocycles. The van der Waals surface area contributed by atoms with Crippen LogP contribution in [0.15, 0.2) is 35.2 Å². The molecular weight excluding hydrogens is 320 g/mol. The van der Waals surface area contributed by atoms with Crippen LogP contribution >= 0.6 is 15.9 Å². The van der Waals surface area contributed by atoms with Crippen molar-refractivity contribution in [1.82, 2.24) is 15.0 Å². The number of rotatable bonds is 7. The molecule has 0 unspecified atom stereocenters. The Morgan fingerprint density at radius 1 is 1.30 bits per heavy atom. The summed E-state index contributed by atoms with van der Waals surface area (Å²) in [6, 6.07) is 4.04. The van der Waals surface area contributed by atoms with Gasteiger partial charge in [-0.3, -0.25) is 4.98 Å². The minimum Gasteiger partial charge on any atom is -0.477 e. The van der Waals surface area contributed by atoms with Crippen LogP contribution in [0.1, 0.15) is 18.9 Å². The maximum absolute atomic E-state index is 5.69. The molecule has 2 aromatic rings. The normalized spacial score (nSPS) is 10.3. The van der Waals surface area contributed by atoms with Crippen molar-refractivity contribution in [2.75, 3.05) is 18.5 Å². The minimum atomic E-state index is 0.575. The third kappa shape index (κ3) is 4.45. The van der Waals surface area contributed by atoms with Crippen LogP contribution in [-0.4, -0.2) is 28.1 Å². The van der Waals surface area contributed by atoms with Gasteiger partial charge in [-0.2, -0.15) is 4.98 Å². The van der Waals surface area contributed by atoms with Crippen molar-refractivity contribution >= 4 is 21.9 Å². The standard InChI is InChI=1S/C14H17BrN4O/c1-2-17-14-18-10-12(15)13(19-14)20-9-3-4-11-5-7-16-8-6-11/h5-8,10H,2-4,9H2,1H3,(H,17,18,19). The van der Waals surface area contributed by atoms with E-state index in [1.54, 1.807) is 18.6 Å². The molecule has 0 amide bonds. The molecule has 0 spiro atoms. The monoisotopic (exact) mass is 336 g/mol. The summed E-state index contributed by atoms with van der Waals surface area (Å²) in [7, 11) is 0. The fraction of sp³-hybridized carbons (Fsp3) is 0.357. The molecule has 6 heteroatoms. The van der Waals surface area contributed by atoms with Crippen molar-refractivity contribution < 1.29 is 4.74 Å². The van der Waals surface area contributed by atoms with Crippen molar-refractivity contribution in [1.29, 1.82) is 0 Å². The number of ether oxygens (including phenoxy) is 1. The Morgan fingerprint density at radius 2 is 2.10 bits per heavy atom. The number of halogens is 1. The quantitative estimate of drug-likeness (QED) is 0.787. The van der Waals surface area contributed by atoms with Gasteiger partial charge in [0, 0.05) is 18.9 Å². The van der Waals surface area contributed by atoms with E-state index in [1.165, 1.54) is 5.56 Å². The molecule has 0 aliphatic rings. The van der Waals surface area contributed by atoms with Gasteiger partial charge in [-0.05, 0) is 53.4 Å². The van der Waals surface area contributed by atoms with Crippen molar-refractivity contribution in [3.8, 4) is 5.88 Å². The van der Waals surface area contributed by atoms with Gasteiger partial charge in [0.05, 0.1) is 17.3 Å². The summed E-state index contributed by atoms with van der Waals surface area (Å²) >= 11 is 3.39. The van der Waals surface area contributed by atoms with Crippen LogP contribution in [0.5, 0.6) is 5.88 Å². The fourth-order valence-corrected chi connectivity index (χ4v) is 2.00. The van der Waals surface area contributed by atoms with E-state index >= 15 is 0 Å². The smallest absolute Gasteiger partial charge is 0.232 e. The molecular formula is C14H17BrN4O. The van der Waals surface area contributed by atoms with Crippen molar-refractivity contribution in [2.45, 2.75) is 19.8 Å². The number of nitrogens with zero attached hydrogens (tertiary/aromatic N) is 3. The highest BCUT2D eigenvalue weighted by molar-refractivity contribution is 9.10. The van der Waals surface area contributed by atoms with E-state index in [9.17, 15) is 0 Å². The van der Waals surface area contributed by atoms with Crippen LogP contribution in [0, 0.1) is 0 Å². The summed E-state index contributed by atoms with van der Waals surface area (Å²) in [6.07, 6.45) is 7.20. The van der Waals surface area contributed by atoms with Gasteiger partial charge < -0.3 is 10.1 Å². The lowest BCUT2D eigenvalue weighted by Crippen LogP contribution is -2.06. The Morgan fingerprint density at radius 3 is 2.85 bits per heavy atom. The Balaban J connectivity index is 1.83. The summed E-state index contributed by atoms with van der Waals surface area (Å²) < 4.78 is 6.46. The highest BCUT2D eigenvalue weighted by Gasteiger charge is 2.05. The molecule has 2 rings (SSSR count). The molecule has 0 bridgehead atoms. The summed E-state index contributed by atoms with van der Waals surface area (Å²) in [4.78, 5) is 12.5. The number of nitrogens with one attached hydrogen (secondary N) is 1. The molecule has 5 nitrogen and oxygen atoms in total. The molecule has 0 radical (unpaired) electrons. The van der Waals surface area contributed by atoms with E-state index in [4.69, 9.17) is 4.74 Å². The molecule has 1 N–H and O–H groups in total. The number of hydrogen-bond acceptors (Lipinski definition) is 5. The first-order valence-electron chi connectivity index (χ1n) is 6.57. The van der Waals surface area contributed by atoms with Gasteiger partial charge in [0.15, 0.2) is 0 Å². The average Bonchev–Trinajstić information content (AvgIpc) is 2.48. The lowest BCUT2D eigenvalue weighted by atomic mass is 10.1. The minimum absolute atomic E-state index is 0.575. The Labute approximate surface area is 127 Å². The predicted molar refractivity (Wildman–Crippen MR) is 81.9 cm³/mol. The van der Waals surface area contributed by atoms with Gasteiger partial charge in [0.2, 0.25) is 11.8 Å². The molecule has 2 heterocycles. The number of pyridine rings is 1. The second-order valence-corrected chi connectivity index (χ2v) is 5.04. The van der Waals surface area contributed by atoms with Gasteiger partial charge in [0.25, 0.3) is 0 Å². The highest BCUT2D eigenvalue weighted by Crippen LogP contribution is 2.22. The van der Waals surface area contributed by atoms with Crippen LogP contribution in [0.2, 0.25) is 0 Å². The molecule has 0 saturated carbocycles. The zero-order valence-electron chi connectivity index (χ0n) is 11.3. The SMILES string of the molecule is CCNc1ncc(Br)c(OCCCc2ccncc2)n1. The van der Waals surface area contributed by atoms with E-state index in [0.29, 0.717) is 18.4 Å². The first-order valence-corrected chi connectivity index (χ1v) is 7.37. The number of hydrogen-bond donors (Lipinski definition) is 1. The maximum Gasteiger partial charge on any atom is 0.232 e. The summed E-state index contributed by atoms with van der Waals surface area (Å²) in [6.45, 7) is 3.40. The number of anilines is 1. The average molecular weight is 337 g/mol. The van der Waals surface area contributed by atoms with E-state index in [0.717, 1.165) is 23.9 Å². The second-order valence-electron chi connectivity index (χ2n) is 4.18. The molecule has 0 aromatic carbocycles. The Kier molecular flexibility index (Phi) is 5.73. The van der Waals surface area contributed by atoms with E-state index in [2.05, 4.69) is 36.2 Å². The zero-order valence-corrected chi connectivity index (χ0v) is 12.9. The third-order valence-corrected chi connectivity index (χ3v) is 3.19. The Bertz CT molecular complexity index is 536. The summed E-state index contributed by atoms with van der Waals surface area (Å²) in [5.41, 5.74) is 1.26. The van der Waals surface area contributed by atoms with E-state index < -0.39 is 0 Å². The summed E-state index contributed by atoms with van der Waals surface area (Å²) in [5, 5.41) is 3.06. The largest absolute Gasteiger partial charge is 0.477 e. The lowest BCUT2D eigenvalue weighted by molar-refractivity contribution is 0.297. The molecule has 20 heavy (non-hydrogen) atoms. The molecule has 0 aliphatic heterocycles. The number of aryl methyl sites for hydroxylation is 1. The predicted octanol–water partition coefficient (Wildman–Crippen LogP) is 3.08. The van der Waals surface area contributed by atoms with Gasteiger partial charge in [-0.1, -0.05) is 0 Å². The van der Waals surface area contributed by atoms with Crippen LogP contribution in [0.3, 0.4) is 0 Å². The molecule has 0 aliphatic carbocycles. The second kappa shape index (κ2) is 7.79. The van der Waals surface area contributed by atoms with Crippen LogP contribution in [0.4, 0.5) is 5.95 Å². The van der Waals surface area contributed by atoms with E-state index in [1.807, 2.05) is 19.1 Å². The fourth-order valence-electron chi connectivity index (χ4n) is 1.69. The van der Waals surface area contributed by atoms with Crippen molar-refractivity contribution in [3.63, 3.8) is 0 Å². The van der Waals surface area contributed by atoms with E-state index in [-0.39, 0.29) is 0 Å². The number of aromatic nitrogens is 3. The maximum atomic E-state index is 5.69. The van der Waals surface area contributed by atoms with Crippen molar-refractivity contribution in [3.05, 3.63) is 40.8 Å². The van der Waals surface area contributed by atoms with Crippen molar-refractivity contribution in [2.24, 2.45) is 0 Å². The highest BCUT2D eigenvalue weighted by atomic mass is 79.9. The molecule has 0 atom stereocenters. The zero-order chi connectivity index (χ0) is 14.2. The van der Waals surface area contributed by atoms with Crippen LogP contribution < -0.4 is 10.1 Å². The lowest BCUT2D eigenvalue weighted by Gasteiger charge is -2.08. The van der Waals surface area contributed by atoms with Gasteiger partial charge in [0.1, 0.15) is 0 Å². The topological polar surface area (TPSA) is 59.9 Å². The molecule has 106 valence electrons. The van der Waals surface area contributed by atoms with Gasteiger partial charge >= 0.3 is 0 Å². The first-order chi connectivity index (χ1) is 9.79. The Hall–Kier alpha value is -1.69. The van der Waals surface area contributed by atoms with Crippen LogP contribution in [0.25, 0.3) is 0 Å². The summed E-state index contributed by atoms with van der Waals surface area (Å²) in [5.74, 6) is 1.16.